The maximum absolute atomic E-state index is 13.9. The molecule has 0 aliphatic carbocycles. The average Bonchev–Trinajstić information content (AvgIpc) is 3.45. The highest BCUT2D eigenvalue weighted by Gasteiger charge is 2.31. The first-order valence-corrected chi connectivity index (χ1v) is 11.4. The fourth-order valence-electron chi connectivity index (χ4n) is 3.94. The Labute approximate surface area is 217 Å². The van der Waals surface area contributed by atoms with Gasteiger partial charge in [0.1, 0.15) is 30.0 Å². The normalized spacial score (nSPS) is 11.9. The molecule has 5 rings (SSSR count). The molecule has 10 nitrogen and oxygen atoms in total. The van der Waals surface area contributed by atoms with E-state index in [1.165, 1.54) is 26.6 Å². The average molecular weight is 545 g/mol. The van der Waals surface area contributed by atoms with Crippen molar-refractivity contribution < 1.29 is 26.7 Å². The lowest BCUT2D eigenvalue weighted by atomic mass is 10.2. The van der Waals surface area contributed by atoms with Gasteiger partial charge in [-0.25, -0.2) is 28.4 Å². The molecule has 0 aliphatic rings. The first kappa shape index (κ1) is 25.9. The molecule has 0 unspecified atom stereocenters. The van der Waals surface area contributed by atoms with Crippen molar-refractivity contribution in [1.82, 2.24) is 39.5 Å². The molecule has 0 amide bonds. The molecular formula is C24H20F5N9O. The van der Waals surface area contributed by atoms with Gasteiger partial charge in [-0.3, -0.25) is 4.57 Å². The molecule has 4 heterocycles. The summed E-state index contributed by atoms with van der Waals surface area (Å²) in [6.45, 7) is 1.81. The largest absolute Gasteiger partial charge is 0.494 e. The van der Waals surface area contributed by atoms with Crippen LogP contribution in [-0.4, -0.2) is 52.8 Å². The van der Waals surface area contributed by atoms with E-state index in [4.69, 9.17) is 4.74 Å². The van der Waals surface area contributed by atoms with Crippen LogP contribution in [0.4, 0.5) is 33.5 Å². The summed E-state index contributed by atoms with van der Waals surface area (Å²) in [5.41, 5.74) is 1.57. The van der Waals surface area contributed by atoms with Gasteiger partial charge in [-0.05, 0) is 37.3 Å². The lowest BCUT2D eigenvalue weighted by molar-refractivity contribution is -0.128. The zero-order valence-electron chi connectivity index (χ0n) is 20.7. The van der Waals surface area contributed by atoms with Crippen LogP contribution in [0.25, 0.3) is 28.4 Å². The molecule has 0 aliphatic heterocycles. The summed E-state index contributed by atoms with van der Waals surface area (Å²) in [6.07, 6.45) is -7.48. The number of fused-ring (bicyclic) bond motifs is 1. The van der Waals surface area contributed by atoms with Gasteiger partial charge >= 0.3 is 6.18 Å². The summed E-state index contributed by atoms with van der Waals surface area (Å²) in [7, 11) is 2.80. The minimum atomic E-state index is -4.56. The van der Waals surface area contributed by atoms with Gasteiger partial charge in [0.2, 0.25) is 0 Å². The summed E-state index contributed by atoms with van der Waals surface area (Å²) in [6, 6.07) is 9.46. The maximum atomic E-state index is 13.9. The Morgan fingerprint density at radius 3 is 2.51 bits per heavy atom. The summed E-state index contributed by atoms with van der Waals surface area (Å²) in [4.78, 5) is 12.6. The van der Waals surface area contributed by atoms with E-state index in [-0.39, 0.29) is 17.3 Å². The molecule has 0 spiro atoms. The fraction of sp³-hybridized carbons (Fsp3) is 0.250. The van der Waals surface area contributed by atoms with Crippen LogP contribution in [0.3, 0.4) is 0 Å². The quantitative estimate of drug-likeness (QED) is 0.281. The Morgan fingerprint density at radius 1 is 1.05 bits per heavy atom. The maximum Gasteiger partial charge on any atom is 0.396 e. The second-order valence-electron chi connectivity index (χ2n) is 8.52. The Kier molecular flexibility index (Phi) is 6.57. The minimum Gasteiger partial charge on any atom is -0.494 e. The van der Waals surface area contributed by atoms with Gasteiger partial charge in [0.25, 0.3) is 6.43 Å². The number of imidazole rings is 1. The smallest absolute Gasteiger partial charge is 0.396 e. The van der Waals surface area contributed by atoms with Crippen LogP contribution in [0, 0.1) is 6.92 Å². The third-order valence-corrected chi connectivity index (χ3v) is 5.70. The third kappa shape index (κ3) is 5.32. The number of halogens is 5. The Bertz CT molecular complexity index is 1640. The summed E-state index contributed by atoms with van der Waals surface area (Å²) in [5, 5.41) is 15.0. The van der Waals surface area contributed by atoms with Crippen molar-refractivity contribution in [2.24, 2.45) is 7.05 Å². The number of benzene rings is 1. The van der Waals surface area contributed by atoms with E-state index in [1.807, 2.05) is 6.92 Å². The Morgan fingerprint density at radius 2 is 1.85 bits per heavy atom. The molecule has 0 bridgehead atoms. The number of aryl methyl sites for hydroxylation is 2. The SMILES string of the molecule is COc1cc2c(cc1Nc1ccc(C)nn1)ncn2-c1ccc(C(F)F)c(-c2nc(CC(F)(F)F)nn2C)n1. The molecule has 0 saturated carbocycles. The standard InChI is InChI=1S/C24H20F5N9O/c1-12-4-6-18(35-34-12)31-15-8-14-16(9-17(15)39-3)38(11-30-14)20-7-5-13(22(25)26)21(33-20)23-32-19(36-37(23)2)10-24(27,28)29/h4-9,11,22H,10H2,1-3H3,(H,31,35). The molecule has 202 valence electrons. The number of anilines is 2. The van der Waals surface area contributed by atoms with Crippen LogP contribution in [-0.2, 0) is 13.5 Å². The molecule has 0 fully saturated rings. The molecule has 0 atom stereocenters. The summed E-state index contributed by atoms with van der Waals surface area (Å²) < 4.78 is 74.4. The van der Waals surface area contributed by atoms with Gasteiger partial charge in [-0.2, -0.15) is 23.4 Å². The highest BCUT2D eigenvalue weighted by atomic mass is 19.4. The van der Waals surface area contributed by atoms with Crippen LogP contribution >= 0.6 is 0 Å². The van der Waals surface area contributed by atoms with Gasteiger partial charge in [0.15, 0.2) is 17.5 Å². The molecular weight excluding hydrogens is 525 g/mol. The first-order chi connectivity index (χ1) is 18.5. The van der Waals surface area contributed by atoms with Crippen molar-refractivity contribution in [3.8, 4) is 23.1 Å². The van der Waals surface area contributed by atoms with E-state index < -0.39 is 30.4 Å². The number of hydrogen-bond acceptors (Lipinski definition) is 8. The third-order valence-electron chi connectivity index (χ3n) is 5.70. The van der Waals surface area contributed by atoms with Crippen molar-refractivity contribution in [3.63, 3.8) is 0 Å². The van der Waals surface area contributed by atoms with Crippen LogP contribution in [0.15, 0.2) is 42.7 Å². The number of ether oxygens (including phenoxy) is 1. The molecule has 39 heavy (non-hydrogen) atoms. The Hall–Kier alpha value is -4.69. The first-order valence-electron chi connectivity index (χ1n) is 11.4. The molecule has 0 saturated heterocycles. The topological polar surface area (TPSA) is 108 Å². The lowest BCUT2D eigenvalue weighted by Crippen LogP contribution is -2.12. The van der Waals surface area contributed by atoms with E-state index in [0.717, 1.165) is 16.4 Å². The van der Waals surface area contributed by atoms with Crippen LogP contribution in [0.5, 0.6) is 5.75 Å². The van der Waals surface area contributed by atoms with Gasteiger partial charge in [0, 0.05) is 18.7 Å². The second-order valence-corrected chi connectivity index (χ2v) is 8.52. The highest BCUT2D eigenvalue weighted by Crippen LogP contribution is 2.34. The van der Waals surface area contributed by atoms with E-state index in [1.54, 1.807) is 28.8 Å². The molecule has 0 radical (unpaired) electrons. The summed E-state index contributed by atoms with van der Waals surface area (Å²) >= 11 is 0. The van der Waals surface area contributed by atoms with Crippen molar-refractivity contribution in [3.05, 3.63) is 59.8 Å². The van der Waals surface area contributed by atoms with Crippen LogP contribution in [0.1, 0.15) is 23.5 Å². The van der Waals surface area contributed by atoms with Crippen molar-refractivity contribution in [1.29, 1.82) is 0 Å². The van der Waals surface area contributed by atoms with E-state index in [9.17, 15) is 22.0 Å². The van der Waals surface area contributed by atoms with E-state index >= 15 is 0 Å². The number of pyridine rings is 1. The van der Waals surface area contributed by atoms with Crippen LogP contribution < -0.4 is 10.1 Å². The number of hydrogen-bond donors (Lipinski definition) is 1. The lowest BCUT2D eigenvalue weighted by Gasteiger charge is -2.13. The highest BCUT2D eigenvalue weighted by molar-refractivity contribution is 5.86. The number of nitrogens with one attached hydrogen (secondary N) is 1. The number of nitrogens with zero attached hydrogens (tertiary/aromatic N) is 8. The van der Waals surface area contributed by atoms with Crippen molar-refractivity contribution in [2.75, 3.05) is 12.4 Å². The zero-order valence-corrected chi connectivity index (χ0v) is 20.7. The number of methoxy groups -OCH3 is 1. The number of alkyl halides is 5. The van der Waals surface area contributed by atoms with Gasteiger partial charge in [0.05, 0.1) is 29.5 Å². The monoisotopic (exact) mass is 545 g/mol. The second kappa shape index (κ2) is 9.89. The predicted octanol–water partition coefficient (Wildman–Crippen LogP) is 5.11. The molecule has 1 aromatic carbocycles. The fourth-order valence-corrected chi connectivity index (χ4v) is 3.94. The molecule has 4 aromatic heterocycles. The minimum absolute atomic E-state index is 0.185. The molecule has 15 heteroatoms. The number of rotatable bonds is 7. The number of aromatic nitrogens is 8. The van der Waals surface area contributed by atoms with Crippen molar-refractivity contribution >= 4 is 22.5 Å². The predicted molar refractivity (Wildman–Crippen MR) is 130 cm³/mol. The van der Waals surface area contributed by atoms with E-state index in [0.29, 0.717) is 28.3 Å². The zero-order chi connectivity index (χ0) is 27.9. The van der Waals surface area contributed by atoms with Crippen molar-refractivity contribution in [2.45, 2.75) is 25.9 Å². The summed E-state index contributed by atoms with van der Waals surface area (Å²) in [5.74, 6) is 0.327. The van der Waals surface area contributed by atoms with Gasteiger partial charge < -0.3 is 10.1 Å². The molecule has 1 N–H and O–H groups in total. The molecule has 5 aromatic rings. The Balaban J connectivity index is 1.57. The van der Waals surface area contributed by atoms with Gasteiger partial charge in [-0.1, -0.05) is 0 Å². The van der Waals surface area contributed by atoms with Gasteiger partial charge in [-0.15, -0.1) is 5.10 Å². The van der Waals surface area contributed by atoms with Crippen LogP contribution in [0.2, 0.25) is 0 Å². The van der Waals surface area contributed by atoms with E-state index in [2.05, 4.69) is 35.6 Å².